The van der Waals surface area contributed by atoms with Crippen LogP contribution in [-0.2, 0) is 24.0 Å². The summed E-state index contributed by atoms with van der Waals surface area (Å²) in [6.45, 7) is -0.793. The average molecular weight is 773 g/mol. The SMILES string of the molecule is COc1cc(CO)cc(I)c1O[C@H]1C=C(C(=O)NCCO)C[C@@H](N(CCc2cccc(F)c2)C(=O)c2ccc(C(F)(F)F)cc2)[C@@H]1O. The first-order valence-electron chi connectivity index (χ1n) is 14.5. The van der Waals surface area contributed by atoms with Gasteiger partial charge in [0.05, 0.1) is 35.5 Å². The molecular weight excluding hydrogens is 739 g/mol. The second kappa shape index (κ2) is 15.9. The van der Waals surface area contributed by atoms with Gasteiger partial charge in [0.1, 0.15) is 18.0 Å². The molecule has 0 aromatic heterocycles. The third-order valence-electron chi connectivity index (χ3n) is 7.59. The van der Waals surface area contributed by atoms with Crippen molar-refractivity contribution in [3.05, 3.63) is 104 Å². The lowest BCUT2D eigenvalue weighted by Gasteiger charge is -2.41. The number of nitrogens with one attached hydrogen (secondary N) is 1. The number of amides is 2. The zero-order chi connectivity index (χ0) is 34.3. The van der Waals surface area contributed by atoms with Gasteiger partial charge >= 0.3 is 6.18 Å². The quantitative estimate of drug-likeness (QED) is 0.160. The van der Waals surface area contributed by atoms with Crippen molar-refractivity contribution in [1.29, 1.82) is 0 Å². The fraction of sp³-hybridized carbons (Fsp3) is 0.333. The van der Waals surface area contributed by atoms with Gasteiger partial charge in [-0.1, -0.05) is 12.1 Å². The fourth-order valence-corrected chi connectivity index (χ4v) is 6.02. The van der Waals surface area contributed by atoms with E-state index in [4.69, 9.17) is 9.47 Å². The van der Waals surface area contributed by atoms with Gasteiger partial charge in [-0.15, -0.1) is 0 Å². The topological polar surface area (TPSA) is 129 Å². The number of carbonyl (C=O) groups is 2. The molecule has 3 aromatic rings. The molecule has 9 nitrogen and oxygen atoms in total. The van der Waals surface area contributed by atoms with Crippen LogP contribution in [0.2, 0.25) is 0 Å². The predicted octanol–water partition coefficient (Wildman–Crippen LogP) is 4.25. The van der Waals surface area contributed by atoms with Crippen LogP contribution in [-0.4, -0.2) is 77.1 Å². The summed E-state index contributed by atoms with van der Waals surface area (Å²) in [4.78, 5) is 28.4. The second-order valence-corrected chi connectivity index (χ2v) is 11.9. The Morgan fingerprint density at radius 1 is 1.06 bits per heavy atom. The van der Waals surface area contributed by atoms with Gasteiger partial charge in [-0.3, -0.25) is 9.59 Å². The fourth-order valence-electron chi connectivity index (χ4n) is 5.22. The minimum atomic E-state index is -4.63. The minimum Gasteiger partial charge on any atom is -0.493 e. The van der Waals surface area contributed by atoms with E-state index in [-0.39, 0.29) is 61.8 Å². The largest absolute Gasteiger partial charge is 0.493 e. The molecule has 4 N–H and O–H groups in total. The van der Waals surface area contributed by atoms with E-state index in [0.717, 1.165) is 24.3 Å². The highest BCUT2D eigenvalue weighted by Crippen LogP contribution is 2.37. The molecule has 3 atom stereocenters. The Kier molecular flexibility index (Phi) is 12.2. The summed E-state index contributed by atoms with van der Waals surface area (Å²) in [6.07, 6.45) is -5.99. The van der Waals surface area contributed by atoms with E-state index in [1.54, 1.807) is 18.2 Å². The first kappa shape index (κ1) is 36.1. The molecule has 0 unspecified atom stereocenters. The number of rotatable bonds is 12. The number of nitrogens with zero attached hydrogens (tertiary/aromatic N) is 1. The molecule has 2 amide bonds. The summed E-state index contributed by atoms with van der Waals surface area (Å²) in [6, 6.07) is 11.3. The Hall–Kier alpha value is -3.73. The van der Waals surface area contributed by atoms with Crippen molar-refractivity contribution in [3.8, 4) is 11.5 Å². The van der Waals surface area contributed by atoms with Crippen molar-refractivity contribution < 1.29 is 51.9 Å². The monoisotopic (exact) mass is 772 g/mol. The standard InChI is InChI=1S/C33H33F4IN2O7/c1-46-28-15-20(18-42)14-25(38)30(28)47-27-17-22(31(44)39-10-12-41)16-26(29(27)43)40(11-9-19-3-2-4-24(34)13-19)32(45)21-5-7-23(8-6-21)33(35,36)37/h2-8,13-15,17,26-27,29,41-43H,9-12,16,18H2,1H3,(H,39,44)/t26-,27+,29+/m1/s1. The highest BCUT2D eigenvalue weighted by molar-refractivity contribution is 14.1. The lowest BCUT2D eigenvalue weighted by atomic mass is 9.87. The maximum atomic E-state index is 14.0. The van der Waals surface area contributed by atoms with Gasteiger partial charge in [-0.05, 0) is 94.7 Å². The molecule has 0 aliphatic heterocycles. The zero-order valence-electron chi connectivity index (χ0n) is 25.1. The minimum absolute atomic E-state index is 0.0724. The molecular formula is C33H33F4IN2O7. The smallest absolute Gasteiger partial charge is 0.416 e. The van der Waals surface area contributed by atoms with Crippen LogP contribution in [0, 0.1) is 9.39 Å². The van der Waals surface area contributed by atoms with E-state index in [1.807, 2.05) is 22.6 Å². The molecule has 3 aromatic carbocycles. The molecule has 0 fully saturated rings. The van der Waals surface area contributed by atoms with Crippen LogP contribution in [0.15, 0.2) is 72.3 Å². The maximum Gasteiger partial charge on any atom is 0.416 e. The van der Waals surface area contributed by atoms with E-state index in [2.05, 4.69) is 5.32 Å². The van der Waals surface area contributed by atoms with Gasteiger partial charge in [0, 0.05) is 30.6 Å². The zero-order valence-corrected chi connectivity index (χ0v) is 27.3. The molecule has 4 rings (SSSR count). The van der Waals surface area contributed by atoms with Gasteiger partial charge in [0.25, 0.3) is 5.91 Å². The lowest BCUT2D eigenvalue weighted by molar-refractivity contribution is -0.137. The van der Waals surface area contributed by atoms with E-state index >= 15 is 0 Å². The van der Waals surface area contributed by atoms with E-state index < -0.39 is 47.6 Å². The Morgan fingerprint density at radius 2 is 1.79 bits per heavy atom. The van der Waals surface area contributed by atoms with Crippen LogP contribution >= 0.6 is 22.6 Å². The number of ether oxygens (including phenoxy) is 2. The van der Waals surface area contributed by atoms with Gasteiger partial charge < -0.3 is 35.0 Å². The summed E-state index contributed by atoms with van der Waals surface area (Å²) < 4.78 is 66.0. The second-order valence-electron chi connectivity index (χ2n) is 10.7. The number of aliphatic hydroxyl groups is 3. The molecule has 47 heavy (non-hydrogen) atoms. The third kappa shape index (κ3) is 9.00. The first-order chi connectivity index (χ1) is 22.4. The van der Waals surface area contributed by atoms with Gasteiger partial charge in [0.15, 0.2) is 11.5 Å². The van der Waals surface area contributed by atoms with Crippen LogP contribution in [0.5, 0.6) is 11.5 Å². The Bertz CT molecular complexity index is 1600. The summed E-state index contributed by atoms with van der Waals surface area (Å²) in [5, 5.41) is 33.2. The molecule has 1 aliphatic rings. The summed E-state index contributed by atoms with van der Waals surface area (Å²) in [7, 11) is 1.39. The van der Waals surface area contributed by atoms with Crippen LogP contribution in [0.25, 0.3) is 0 Å². The Balaban J connectivity index is 1.76. The number of halogens is 5. The van der Waals surface area contributed by atoms with E-state index in [9.17, 15) is 42.5 Å². The Labute approximate surface area is 281 Å². The maximum absolute atomic E-state index is 14.0. The molecule has 0 radical (unpaired) electrons. The van der Waals surface area contributed by atoms with Gasteiger partial charge in [-0.25, -0.2) is 4.39 Å². The average Bonchev–Trinajstić information content (AvgIpc) is 3.05. The van der Waals surface area contributed by atoms with Crippen molar-refractivity contribution >= 4 is 34.4 Å². The summed E-state index contributed by atoms with van der Waals surface area (Å²) in [5.41, 5.74) is 0.126. The molecule has 0 bridgehead atoms. The van der Waals surface area contributed by atoms with Crippen molar-refractivity contribution in [1.82, 2.24) is 10.2 Å². The van der Waals surface area contributed by atoms with Crippen LogP contribution < -0.4 is 14.8 Å². The van der Waals surface area contributed by atoms with Crippen LogP contribution in [0.4, 0.5) is 17.6 Å². The highest BCUT2D eigenvalue weighted by Gasteiger charge is 2.41. The Morgan fingerprint density at radius 3 is 2.40 bits per heavy atom. The highest BCUT2D eigenvalue weighted by atomic mass is 127. The molecule has 0 saturated heterocycles. The summed E-state index contributed by atoms with van der Waals surface area (Å²) in [5.74, 6) is -1.39. The number of hydrogen-bond acceptors (Lipinski definition) is 7. The molecule has 1 aliphatic carbocycles. The number of alkyl halides is 3. The lowest BCUT2D eigenvalue weighted by Crippen LogP contribution is -2.55. The van der Waals surface area contributed by atoms with Crippen molar-refractivity contribution in [2.75, 3.05) is 26.8 Å². The number of hydrogen-bond donors (Lipinski definition) is 4. The molecule has 0 heterocycles. The normalized spacial score (nSPS) is 17.9. The van der Waals surface area contributed by atoms with Crippen molar-refractivity contribution in [2.45, 2.75) is 43.9 Å². The first-order valence-corrected chi connectivity index (χ1v) is 15.6. The molecule has 0 saturated carbocycles. The third-order valence-corrected chi connectivity index (χ3v) is 8.39. The van der Waals surface area contributed by atoms with Crippen molar-refractivity contribution in [3.63, 3.8) is 0 Å². The predicted molar refractivity (Wildman–Crippen MR) is 171 cm³/mol. The van der Waals surface area contributed by atoms with E-state index in [1.165, 1.54) is 36.3 Å². The van der Waals surface area contributed by atoms with Crippen LogP contribution in [0.3, 0.4) is 0 Å². The number of aliphatic hydroxyl groups excluding tert-OH is 3. The molecule has 252 valence electrons. The number of methoxy groups -OCH3 is 1. The van der Waals surface area contributed by atoms with E-state index in [0.29, 0.717) is 14.7 Å². The number of benzene rings is 3. The van der Waals surface area contributed by atoms with Crippen LogP contribution in [0.1, 0.15) is 33.5 Å². The molecule has 0 spiro atoms. The molecule has 14 heteroatoms. The van der Waals surface area contributed by atoms with Gasteiger partial charge in [-0.2, -0.15) is 13.2 Å². The van der Waals surface area contributed by atoms with Gasteiger partial charge in [0.2, 0.25) is 5.91 Å². The summed E-state index contributed by atoms with van der Waals surface area (Å²) >= 11 is 1.97. The van der Waals surface area contributed by atoms with Crippen molar-refractivity contribution in [2.24, 2.45) is 0 Å². The number of carbonyl (C=O) groups excluding carboxylic acids is 2.